The molecule has 0 aromatic rings. The van der Waals surface area contributed by atoms with Crippen LogP contribution in [0.3, 0.4) is 0 Å². The first-order valence-electron chi connectivity index (χ1n) is 23.5. The third kappa shape index (κ3) is 9.41. The highest BCUT2D eigenvalue weighted by atomic mass is 16.5. The Kier molecular flexibility index (Phi) is 13.4. The van der Waals surface area contributed by atoms with Gasteiger partial charge in [-0.25, -0.2) is 0 Å². The summed E-state index contributed by atoms with van der Waals surface area (Å²) in [5.41, 5.74) is 3.72. The molecule has 0 aromatic carbocycles. The molecule has 0 radical (unpaired) electrons. The first-order chi connectivity index (χ1) is 26.8. The molecule has 0 spiro atoms. The number of aliphatic hydroxyl groups is 1. The van der Waals surface area contributed by atoms with Gasteiger partial charge in [0.15, 0.2) is 0 Å². The average Bonchev–Trinajstić information content (AvgIpc) is 3.54. The molecule has 4 aliphatic heterocycles. The number of hydrogen-bond donors (Lipinski definition) is 2. The molecule has 4 heterocycles. The minimum Gasteiger partial charge on any atom is -0.393 e. The third-order valence-electron chi connectivity index (χ3n) is 16.3. The summed E-state index contributed by atoms with van der Waals surface area (Å²) in [6, 6.07) is 0.0834. The van der Waals surface area contributed by atoms with Crippen molar-refractivity contribution in [3.8, 4) is 0 Å². The molecular weight excluding hydrogens is 689 g/mol. The number of ether oxygens (including phenoxy) is 1. The summed E-state index contributed by atoms with van der Waals surface area (Å²) in [5, 5.41) is 12.8. The van der Waals surface area contributed by atoms with Gasteiger partial charge in [0, 0.05) is 44.6 Å². The summed E-state index contributed by atoms with van der Waals surface area (Å²) in [4.78, 5) is 44.7. The minimum absolute atomic E-state index is 0.0546. The number of piperidine rings is 3. The Morgan fingerprint density at radius 3 is 2.07 bits per heavy atom. The van der Waals surface area contributed by atoms with Crippen molar-refractivity contribution in [3.63, 3.8) is 0 Å². The zero-order valence-corrected chi connectivity index (χ0v) is 34.3. The lowest BCUT2D eigenvalue weighted by atomic mass is 9.68. The van der Waals surface area contributed by atoms with Gasteiger partial charge in [0.25, 0.3) is 0 Å². The van der Waals surface area contributed by atoms with Crippen LogP contribution in [-0.4, -0.2) is 107 Å². The van der Waals surface area contributed by atoms with Gasteiger partial charge < -0.3 is 24.5 Å². The largest absolute Gasteiger partial charge is 0.393 e. The van der Waals surface area contributed by atoms with E-state index in [0.717, 1.165) is 49.9 Å². The van der Waals surface area contributed by atoms with E-state index < -0.39 is 6.04 Å². The molecule has 9 nitrogen and oxygen atoms in total. The Bertz CT molecular complexity index is 1350. The first-order valence-corrected chi connectivity index (χ1v) is 23.5. The number of likely N-dealkylation sites (tertiary alicyclic amines) is 3. The summed E-state index contributed by atoms with van der Waals surface area (Å²) in [6.07, 6.45) is 27.2. The van der Waals surface area contributed by atoms with E-state index in [1.54, 1.807) is 0 Å². The Morgan fingerprint density at radius 2 is 1.40 bits per heavy atom. The van der Waals surface area contributed by atoms with Crippen molar-refractivity contribution in [3.05, 3.63) is 11.1 Å². The van der Waals surface area contributed by atoms with Crippen LogP contribution >= 0.6 is 0 Å². The molecule has 8 rings (SSSR count). The number of allylic oxidation sites excluding steroid dienone is 2. The van der Waals surface area contributed by atoms with E-state index >= 15 is 0 Å². The second-order valence-electron chi connectivity index (χ2n) is 19.6. The van der Waals surface area contributed by atoms with Gasteiger partial charge in [-0.05, 0) is 165 Å². The zero-order valence-electron chi connectivity index (χ0n) is 34.3. The average molecular weight is 763 g/mol. The number of carbonyl (C=O) groups is 3. The lowest BCUT2D eigenvalue weighted by Crippen LogP contribution is -2.53. The standard InChI is InChI=1S/C46H74N4O5/c1-2-40(32-6-4-3-5-7-32)44(33-8-13-37(51)14-9-33)34-10-15-38(16-11-34)55-39-22-24-48(25-23-39)29-31-20-26-49(27-21-31)36-12-17-41-35(28-36)30-50(46(41)54)42-18-19-43(52)47-45(42)53/h31-39,41-42,51H,2-30H2,1H3,(H,47,52,53)/b44-40-. The van der Waals surface area contributed by atoms with Crippen LogP contribution in [0, 0.1) is 35.5 Å². The highest BCUT2D eigenvalue weighted by molar-refractivity contribution is 6.02. The molecule has 4 saturated heterocycles. The van der Waals surface area contributed by atoms with Crippen molar-refractivity contribution in [1.29, 1.82) is 0 Å². The molecule has 0 bridgehead atoms. The molecule has 0 aromatic heterocycles. The van der Waals surface area contributed by atoms with E-state index in [1.165, 1.54) is 135 Å². The molecule has 55 heavy (non-hydrogen) atoms. The Hall–Kier alpha value is -1.81. The van der Waals surface area contributed by atoms with E-state index in [2.05, 4.69) is 22.0 Å². The number of carbonyl (C=O) groups excluding carboxylic acids is 3. The molecular formula is C46H74N4O5. The zero-order chi connectivity index (χ0) is 37.9. The summed E-state index contributed by atoms with van der Waals surface area (Å²) < 4.78 is 6.89. The van der Waals surface area contributed by atoms with Crippen LogP contribution in [0.25, 0.3) is 0 Å². The van der Waals surface area contributed by atoms with Crippen LogP contribution in [0.4, 0.5) is 0 Å². The number of amides is 3. The van der Waals surface area contributed by atoms with Gasteiger partial charge >= 0.3 is 0 Å². The Morgan fingerprint density at radius 1 is 0.727 bits per heavy atom. The Balaban J connectivity index is 0.749. The third-order valence-corrected chi connectivity index (χ3v) is 16.3. The highest BCUT2D eigenvalue weighted by Gasteiger charge is 2.49. The SMILES string of the molecule is CC/C(=C(\C1CCC(O)CC1)C1CCC(OC2CCN(CC3CCN(C4CCC5C(=O)N(C6CCC(=O)NC6=O)CC5C4)CC3)CC2)CC1)C1CCCCC1. The molecule has 4 atom stereocenters. The van der Waals surface area contributed by atoms with Crippen LogP contribution in [0.2, 0.25) is 0 Å². The molecule has 8 fully saturated rings. The van der Waals surface area contributed by atoms with Gasteiger partial charge in [-0.15, -0.1) is 0 Å². The van der Waals surface area contributed by atoms with Crippen LogP contribution < -0.4 is 5.32 Å². The van der Waals surface area contributed by atoms with Crippen molar-refractivity contribution in [1.82, 2.24) is 20.0 Å². The van der Waals surface area contributed by atoms with Crippen LogP contribution in [0.5, 0.6) is 0 Å². The van der Waals surface area contributed by atoms with Gasteiger partial charge in [0.2, 0.25) is 17.7 Å². The molecule has 3 amide bonds. The topological polar surface area (TPSA) is 102 Å². The summed E-state index contributed by atoms with van der Waals surface area (Å²) in [7, 11) is 0. The normalized spacial score (nSPS) is 37.5. The van der Waals surface area contributed by atoms with Gasteiger partial charge in [0.05, 0.1) is 18.3 Å². The van der Waals surface area contributed by atoms with E-state index in [1.807, 2.05) is 16.0 Å². The number of nitrogens with one attached hydrogen (secondary N) is 1. The van der Waals surface area contributed by atoms with Crippen molar-refractivity contribution in [2.75, 3.05) is 39.3 Å². The molecule has 4 unspecified atom stereocenters. The van der Waals surface area contributed by atoms with E-state index in [0.29, 0.717) is 49.5 Å². The lowest BCUT2D eigenvalue weighted by molar-refractivity contribution is -0.144. The van der Waals surface area contributed by atoms with Crippen LogP contribution in [0.15, 0.2) is 11.1 Å². The summed E-state index contributed by atoms with van der Waals surface area (Å²) in [5.74, 6) is 3.06. The second kappa shape index (κ2) is 18.4. The van der Waals surface area contributed by atoms with Crippen molar-refractivity contribution >= 4 is 17.7 Å². The maximum atomic E-state index is 13.3. The second-order valence-corrected chi connectivity index (χ2v) is 19.6. The predicted molar refractivity (Wildman–Crippen MR) is 215 cm³/mol. The number of hydrogen-bond acceptors (Lipinski definition) is 7. The summed E-state index contributed by atoms with van der Waals surface area (Å²) >= 11 is 0. The van der Waals surface area contributed by atoms with Gasteiger partial charge in [-0.2, -0.15) is 0 Å². The first kappa shape index (κ1) is 40.0. The molecule has 308 valence electrons. The lowest BCUT2D eigenvalue weighted by Gasteiger charge is -2.43. The molecule has 2 N–H and O–H groups in total. The van der Waals surface area contributed by atoms with Gasteiger partial charge in [-0.3, -0.25) is 19.7 Å². The number of nitrogens with zero attached hydrogens (tertiary/aromatic N) is 3. The van der Waals surface area contributed by atoms with E-state index in [-0.39, 0.29) is 29.7 Å². The fourth-order valence-electron chi connectivity index (χ4n) is 13.2. The summed E-state index contributed by atoms with van der Waals surface area (Å²) in [6.45, 7) is 9.01. The fraction of sp³-hybridized carbons (Fsp3) is 0.891. The number of imide groups is 1. The molecule has 8 aliphatic rings. The van der Waals surface area contributed by atoms with Crippen molar-refractivity contribution in [2.45, 2.75) is 185 Å². The molecule has 4 saturated carbocycles. The molecule has 9 heteroatoms. The number of rotatable bonds is 10. The predicted octanol–water partition coefficient (Wildman–Crippen LogP) is 7.01. The minimum atomic E-state index is -0.467. The van der Waals surface area contributed by atoms with Crippen LogP contribution in [-0.2, 0) is 19.1 Å². The highest BCUT2D eigenvalue weighted by Crippen LogP contribution is 2.46. The van der Waals surface area contributed by atoms with Gasteiger partial charge in [0.1, 0.15) is 6.04 Å². The van der Waals surface area contributed by atoms with Crippen molar-refractivity contribution in [2.24, 2.45) is 35.5 Å². The monoisotopic (exact) mass is 763 g/mol. The molecule has 4 aliphatic carbocycles. The maximum Gasteiger partial charge on any atom is 0.249 e. The number of fused-ring (bicyclic) bond motifs is 1. The van der Waals surface area contributed by atoms with Gasteiger partial charge in [-0.1, -0.05) is 37.3 Å². The van der Waals surface area contributed by atoms with Crippen LogP contribution in [0.1, 0.15) is 155 Å². The quantitative estimate of drug-likeness (QED) is 0.183. The Labute approximate surface area is 332 Å². The van der Waals surface area contributed by atoms with E-state index in [9.17, 15) is 19.5 Å². The van der Waals surface area contributed by atoms with E-state index in [4.69, 9.17) is 4.74 Å². The van der Waals surface area contributed by atoms with Crippen molar-refractivity contribution < 1.29 is 24.2 Å². The fourth-order valence-corrected chi connectivity index (χ4v) is 13.2. The maximum absolute atomic E-state index is 13.3. The number of aliphatic hydroxyl groups excluding tert-OH is 1. The smallest absolute Gasteiger partial charge is 0.249 e.